The molecule has 1 aliphatic rings. The summed E-state index contributed by atoms with van der Waals surface area (Å²) in [5, 5.41) is 4.91. The molecule has 1 fully saturated rings. The van der Waals surface area contributed by atoms with Gasteiger partial charge in [-0.05, 0) is 25.1 Å². The van der Waals surface area contributed by atoms with Gasteiger partial charge in [-0.15, -0.1) is 11.3 Å². The van der Waals surface area contributed by atoms with Crippen LogP contribution in [0.25, 0.3) is 0 Å². The molecule has 0 unspecified atom stereocenters. The summed E-state index contributed by atoms with van der Waals surface area (Å²) in [6, 6.07) is 5.96. The normalized spacial score (nSPS) is 16.6. The van der Waals surface area contributed by atoms with Gasteiger partial charge in [0.2, 0.25) is 15.9 Å². The van der Waals surface area contributed by atoms with Gasteiger partial charge in [0.25, 0.3) is 5.91 Å². The second kappa shape index (κ2) is 5.74. The van der Waals surface area contributed by atoms with Crippen LogP contribution in [-0.4, -0.2) is 31.0 Å². The van der Waals surface area contributed by atoms with Gasteiger partial charge >= 0.3 is 0 Å². The van der Waals surface area contributed by atoms with Gasteiger partial charge in [0.15, 0.2) is 5.13 Å². The quantitative estimate of drug-likeness (QED) is 0.909. The molecule has 1 N–H and O–H groups in total. The highest BCUT2D eigenvalue weighted by molar-refractivity contribution is 7.94. The number of aromatic nitrogens is 1. The maximum atomic E-state index is 12.2. The Morgan fingerprint density at radius 2 is 2.17 bits per heavy atom. The molecule has 0 bridgehead atoms. The minimum atomic E-state index is -3.65. The summed E-state index contributed by atoms with van der Waals surface area (Å²) in [6.45, 7) is 1.82. The molecule has 7 nitrogen and oxygen atoms in total. The molecule has 0 atom stereocenters. The number of hydrogen-bond donors (Lipinski definition) is 1. The molecule has 120 valence electrons. The van der Waals surface area contributed by atoms with Crippen LogP contribution in [0.15, 0.2) is 29.6 Å². The molecular weight excluding hydrogens is 338 g/mol. The minimum Gasteiger partial charge on any atom is -0.298 e. The molecule has 9 heteroatoms. The van der Waals surface area contributed by atoms with E-state index < -0.39 is 21.8 Å². The van der Waals surface area contributed by atoms with Crippen LogP contribution in [0.2, 0.25) is 0 Å². The van der Waals surface area contributed by atoms with Crippen LogP contribution in [-0.2, 0) is 14.8 Å². The number of amides is 2. The van der Waals surface area contributed by atoms with Crippen molar-refractivity contribution in [1.82, 2.24) is 4.98 Å². The van der Waals surface area contributed by atoms with Crippen molar-refractivity contribution in [3.63, 3.8) is 0 Å². The molecule has 1 aromatic heterocycles. The zero-order valence-corrected chi connectivity index (χ0v) is 13.8. The lowest BCUT2D eigenvalue weighted by Gasteiger charge is -2.15. The van der Waals surface area contributed by atoms with Gasteiger partial charge in [-0.3, -0.25) is 14.9 Å². The lowest BCUT2D eigenvalue weighted by Crippen LogP contribution is -2.29. The number of rotatable bonds is 3. The highest BCUT2D eigenvalue weighted by atomic mass is 32.2. The fourth-order valence-electron chi connectivity index (χ4n) is 2.22. The third-order valence-corrected chi connectivity index (χ3v) is 5.83. The van der Waals surface area contributed by atoms with Gasteiger partial charge in [-0.1, -0.05) is 6.07 Å². The summed E-state index contributed by atoms with van der Waals surface area (Å²) >= 11 is 1.30. The first-order valence-electron chi connectivity index (χ1n) is 6.76. The molecule has 0 spiro atoms. The summed E-state index contributed by atoms with van der Waals surface area (Å²) in [5.74, 6) is -1.11. The summed E-state index contributed by atoms with van der Waals surface area (Å²) in [6.07, 6.45) is -0.0445. The first-order chi connectivity index (χ1) is 10.9. The van der Waals surface area contributed by atoms with Crippen molar-refractivity contribution in [3.05, 3.63) is 40.9 Å². The van der Waals surface area contributed by atoms with Gasteiger partial charge < -0.3 is 0 Å². The number of benzene rings is 1. The zero-order valence-electron chi connectivity index (χ0n) is 12.1. The molecule has 1 aliphatic heterocycles. The van der Waals surface area contributed by atoms with Crippen LogP contribution < -0.4 is 9.62 Å². The van der Waals surface area contributed by atoms with Crippen molar-refractivity contribution in [1.29, 1.82) is 0 Å². The number of sulfonamides is 1. The van der Waals surface area contributed by atoms with E-state index in [4.69, 9.17) is 0 Å². The Morgan fingerprint density at radius 3 is 2.78 bits per heavy atom. The first-order valence-corrected chi connectivity index (χ1v) is 9.25. The predicted octanol–water partition coefficient (Wildman–Crippen LogP) is 1.77. The molecule has 2 amide bonds. The Bertz CT molecular complexity index is 889. The van der Waals surface area contributed by atoms with Gasteiger partial charge in [0.1, 0.15) is 0 Å². The van der Waals surface area contributed by atoms with Crippen LogP contribution in [0.1, 0.15) is 22.5 Å². The number of anilines is 2. The Kier molecular flexibility index (Phi) is 3.90. The third-order valence-electron chi connectivity index (χ3n) is 3.26. The number of nitrogens with one attached hydrogen (secondary N) is 1. The van der Waals surface area contributed by atoms with E-state index in [9.17, 15) is 18.0 Å². The van der Waals surface area contributed by atoms with E-state index in [0.717, 1.165) is 10.00 Å². The smallest absolute Gasteiger partial charge is 0.257 e. The summed E-state index contributed by atoms with van der Waals surface area (Å²) < 4.78 is 24.6. The molecule has 2 aromatic rings. The molecule has 0 saturated carbocycles. The minimum absolute atomic E-state index is 0.0445. The topological polar surface area (TPSA) is 96.4 Å². The van der Waals surface area contributed by atoms with Crippen molar-refractivity contribution in [2.75, 3.05) is 15.4 Å². The monoisotopic (exact) mass is 351 g/mol. The van der Waals surface area contributed by atoms with Crippen LogP contribution in [0.5, 0.6) is 0 Å². The van der Waals surface area contributed by atoms with E-state index in [2.05, 4.69) is 10.3 Å². The van der Waals surface area contributed by atoms with Gasteiger partial charge in [0.05, 0.1) is 17.1 Å². The van der Waals surface area contributed by atoms with Crippen LogP contribution in [0.3, 0.4) is 0 Å². The van der Waals surface area contributed by atoms with Crippen molar-refractivity contribution in [3.8, 4) is 0 Å². The average Bonchev–Trinajstić information content (AvgIpc) is 3.02. The van der Waals surface area contributed by atoms with Crippen molar-refractivity contribution >= 4 is 44.0 Å². The SMILES string of the molecule is Cc1csc(NC(=O)c2cccc(N3C(=O)CCS3(=O)=O)c2)n1. The van der Waals surface area contributed by atoms with Crippen LogP contribution >= 0.6 is 11.3 Å². The molecule has 1 aromatic carbocycles. The molecule has 23 heavy (non-hydrogen) atoms. The Labute approximate surface area is 137 Å². The second-order valence-corrected chi connectivity index (χ2v) is 7.82. The lowest BCUT2D eigenvalue weighted by molar-refractivity contribution is -0.116. The Hall–Kier alpha value is -2.26. The number of thiazole rings is 1. The molecular formula is C14H13N3O4S2. The van der Waals surface area contributed by atoms with E-state index in [-0.39, 0.29) is 23.4 Å². The van der Waals surface area contributed by atoms with Gasteiger partial charge in [-0.25, -0.2) is 17.7 Å². The van der Waals surface area contributed by atoms with E-state index in [1.54, 1.807) is 12.1 Å². The Balaban J connectivity index is 1.88. The van der Waals surface area contributed by atoms with E-state index in [1.807, 2.05) is 12.3 Å². The first kappa shape index (κ1) is 15.6. The highest BCUT2D eigenvalue weighted by Gasteiger charge is 2.36. The number of carbonyl (C=O) groups is 2. The van der Waals surface area contributed by atoms with Crippen LogP contribution in [0, 0.1) is 6.92 Å². The summed E-state index contributed by atoms with van der Waals surface area (Å²) in [7, 11) is -3.65. The van der Waals surface area contributed by atoms with Gasteiger partial charge in [0, 0.05) is 17.4 Å². The standard InChI is InChI=1S/C14H13N3O4S2/c1-9-8-22-14(15-9)16-13(19)10-3-2-4-11(7-10)17-12(18)5-6-23(17,20)21/h2-4,7-8H,5-6H2,1H3,(H,15,16,19). The second-order valence-electron chi connectivity index (χ2n) is 5.02. The average molecular weight is 351 g/mol. The number of nitrogens with zero attached hydrogens (tertiary/aromatic N) is 2. The molecule has 3 rings (SSSR count). The van der Waals surface area contributed by atoms with Crippen LogP contribution in [0.4, 0.5) is 10.8 Å². The highest BCUT2D eigenvalue weighted by Crippen LogP contribution is 2.26. The van der Waals surface area contributed by atoms with Crippen molar-refractivity contribution in [2.45, 2.75) is 13.3 Å². The summed E-state index contributed by atoms with van der Waals surface area (Å²) in [4.78, 5) is 28.2. The number of carbonyl (C=O) groups excluding carboxylic acids is 2. The maximum Gasteiger partial charge on any atom is 0.257 e. The molecule has 1 saturated heterocycles. The molecule has 2 heterocycles. The van der Waals surface area contributed by atoms with Gasteiger partial charge in [-0.2, -0.15) is 0 Å². The molecule has 0 radical (unpaired) electrons. The lowest BCUT2D eigenvalue weighted by atomic mass is 10.2. The van der Waals surface area contributed by atoms with E-state index >= 15 is 0 Å². The number of aryl methyl sites for hydroxylation is 1. The fraction of sp³-hybridized carbons (Fsp3) is 0.214. The number of hydrogen-bond acceptors (Lipinski definition) is 6. The fourth-order valence-corrected chi connectivity index (χ4v) is 4.36. The largest absolute Gasteiger partial charge is 0.298 e. The van der Waals surface area contributed by atoms with Crippen molar-refractivity contribution < 1.29 is 18.0 Å². The predicted molar refractivity (Wildman–Crippen MR) is 87.1 cm³/mol. The summed E-state index contributed by atoms with van der Waals surface area (Å²) in [5.41, 5.74) is 1.23. The zero-order chi connectivity index (χ0) is 16.6. The maximum absolute atomic E-state index is 12.2. The Morgan fingerprint density at radius 1 is 1.39 bits per heavy atom. The van der Waals surface area contributed by atoms with Crippen molar-refractivity contribution in [2.24, 2.45) is 0 Å². The third kappa shape index (κ3) is 3.10. The van der Waals surface area contributed by atoms with E-state index in [1.165, 1.54) is 23.5 Å². The molecule has 0 aliphatic carbocycles. The van der Waals surface area contributed by atoms with E-state index in [0.29, 0.717) is 5.13 Å².